The van der Waals surface area contributed by atoms with Gasteiger partial charge < -0.3 is 43.6 Å². The molecule has 12 heteroatoms. The lowest BCUT2D eigenvalue weighted by atomic mass is 9.95. The van der Waals surface area contributed by atoms with Crippen LogP contribution in [0, 0.1) is 11.8 Å². The molecule has 0 radical (unpaired) electrons. The number of fused-ring (bicyclic) bond motifs is 1. The first kappa shape index (κ1) is 32.7. The molecule has 2 aliphatic rings. The van der Waals surface area contributed by atoms with Crippen molar-refractivity contribution in [2.45, 2.75) is 50.8 Å². The molecule has 0 spiro atoms. The van der Waals surface area contributed by atoms with Gasteiger partial charge >= 0.3 is 11.9 Å². The molecule has 0 saturated carbocycles. The van der Waals surface area contributed by atoms with Crippen LogP contribution >= 0.6 is 0 Å². The summed E-state index contributed by atoms with van der Waals surface area (Å²) in [7, 11) is 1.21. The maximum Gasteiger partial charge on any atom is 0.341 e. The Kier molecular flexibility index (Phi) is 11.5. The largest absolute Gasteiger partial charge is 0.507 e. The number of carbonyl (C=O) groups is 3. The van der Waals surface area contributed by atoms with Crippen LogP contribution < -0.4 is 5.32 Å². The van der Waals surface area contributed by atoms with Crippen LogP contribution in [0.5, 0.6) is 5.75 Å². The van der Waals surface area contributed by atoms with Crippen LogP contribution in [0.25, 0.3) is 0 Å². The van der Waals surface area contributed by atoms with Crippen LogP contribution in [0.2, 0.25) is 0 Å². The summed E-state index contributed by atoms with van der Waals surface area (Å²) in [6.07, 6.45) is -3.99. The number of phenols is 1. The van der Waals surface area contributed by atoms with Crippen molar-refractivity contribution in [1.29, 1.82) is 0 Å². The van der Waals surface area contributed by atoms with Crippen molar-refractivity contribution in [2.75, 3.05) is 33.5 Å². The summed E-state index contributed by atoms with van der Waals surface area (Å²) in [6, 6.07) is 12.7. The van der Waals surface area contributed by atoms with Crippen LogP contribution in [-0.2, 0) is 42.7 Å². The van der Waals surface area contributed by atoms with E-state index in [-0.39, 0.29) is 49.2 Å². The monoisotopic (exact) mass is 609 g/mol. The second-order valence-electron chi connectivity index (χ2n) is 9.88. The Hall–Kier alpha value is -4.25. The molecule has 0 aromatic heterocycles. The number of esters is 2. The van der Waals surface area contributed by atoms with Crippen LogP contribution in [0.1, 0.15) is 41.6 Å². The lowest BCUT2D eigenvalue weighted by Crippen LogP contribution is -2.67. The van der Waals surface area contributed by atoms with E-state index in [1.165, 1.54) is 32.2 Å². The van der Waals surface area contributed by atoms with Gasteiger partial charge in [0.1, 0.15) is 42.3 Å². The maximum atomic E-state index is 12.3. The van der Waals surface area contributed by atoms with Gasteiger partial charge in [-0.15, -0.1) is 0 Å². The van der Waals surface area contributed by atoms with Crippen LogP contribution in [-0.4, -0.2) is 87.1 Å². The average molecular weight is 610 g/mol. The van der Waals surface area contributed by atoms with Crippen molar-refractivity contribution in [1.82, 2.24) is 5.32 Å². The number of rotatable bonds is 10. The highest BCUT2D eigenvalue weighted by Gasteiger charge is 2.51. The molecular weight excluding hydrogens is 574 g/mol. The zero-order valence-electron chi connectivity index (χ0n) is 24.6. The Morgan fingerprint density at radius 2 is 1.89 bits per heavy atom. The van der Waals surface area contributed by atoms with E-state index in [0.717, 1.165) is 5.56 Å². The van der Waals surface area contributed by atoms with Gasteiger partial charge in [0, 0.05) is 18.1 Å². The highest BCUT2D eigenvalue weighted by molar-refractivity contribution is 5.92. The van der Waals surface area contributed by atoms with Gasteiger partial charge in [0.15, 0.2) is 12.6 Å². The Morgan fingerprint density at radius 1 is 1.11 bits per heavy atom. The van der Waals surface area contributed by atoms with Crippen LogP contribution in [0.4, 0.5) is 0 Å². The lowest BCUT2D eigenvalue weighted by molar-refractivity contribution is -0.346. The number of phenolic OH excluding ortho intramolecular Hbond substituents is 1. The molecule has 2 fully saturated rings. The van der Waals surface area contributed by atoms with Gasteiger partial charge in [-0.1, -0.05) is 48.8 Å². The summed E-state index contributed by atoms with van der Waals surface area (Å²) in [5, 5.41) is 12.8. The van der Waals surface area contributed by atoms with Gasteiger partial charge in [0.05, 0.1) is 32.5 Å². The first-order chi connectivity index (χ1) is 21.2. The van der Waals surface area contributed by atoms with Gasteiger partial charge in [-0.2, -0.15) is 0 Å². The maximum absolute atomic E-state index is 12.3. The zero-order chi connectivity index (χ0) is 31.6. The van der Waals surface area contributed by atoms with E-state index in [0.29, 0.717) is 5.56 Å². The van der Waals surface area contributed by atoms with Gasteiger partial charge in [0.25, 0.3) is 0 Å². The molecule has 12 nitrogen and oxygen atoms in total. The SMILES string of the molecule is C=C(CO[C@H]1[C@H](NC(C)=O)[C@H](OCC#Cc2ccc(O)c(C(=O)OC)c2)O[C@H]2CO[C@@H](c3ccccc3)O[C@@H]12)C(=O)OCC. The molecule has 0 unspecified atom stereocenters. The third kappa shape index (κ3) is 8.22. The van der Waals surface area contributed by atoms with E-state index >= 15 is 0 Å². The molecule has 0 aliphatic carbocycles. The average Bonchev–Trinajstić information content (AvgIpc) is 3.02. The van der Waals surface area contributed by atoms with Crippen molar-refractivity contribution in [2.24, 2.45) is 0 Å². The number of hydrogen-bond donors (Lipinski definition) is 2. The predicted octanol–water partition coefficient (Wildman–Crippen LogP) is 2.40. The molecule has 2 N–H and O–H groups in total. The number of hydrogen-bond acceptors (Lipinski definition) is 11. The van der Waals surface area contributed by atoms with Crippen molar-refractivity contribution in [3.63, 3.8) is 0 Å². The fourth-order valence-corrected chi connectivity index (χ4v) is 4.72. The second-order valence-corrected chi connectivity index (χ2v) is 9.88. The van der Waals surface area contributed by atoms with E-state index in [1.54, 1.807) is 6.92 Å². The third-order valence-electron chi connectivity index (χ3n) is 6.75. The van der Waals surface area contributed by atoms with E-state index in [1.807, 2.05) is 30.3 Å². The first-order valence-corrected chi connectivity index (χ1v) is 13.9. The lowest BCUT2D eigenvalue weighted by Gasteiger charge is -2.49. The molecule has 44 heavy (non-hydrogen) atoms. The molecule has 2 heterocycles. The summed E-state index contributed by atoms with van der Waals surface area (Å²) in [4.78, 5) is 36.4. The van der Waals surface area contributed by atoms with Crippen molar-refractivity contribution in [3.05, 3.63) is 77.4 Å². The minimum absolute atomic E-state index is 0.0249. The number of methoxy groups -OCH3 is 1. The Morgan fingerprint density at radius 3 is 2.59 bits per heavy atom. The smallest absolute Gasteiger partial charge is 0.341 e. The highest BCUT2D eigenvalue weighted by Crippen LogP contribution is 2.36. The highest BCUT2D eigenvalue weighted by atomic mass is 16.7. The summed E-state index contributed by atoms with van der Waals surface area (Å²) < 4.78 is 40.3. The predicted molar refractivity (Wildman–Crippen MR) is 154 cm³/mol. The number of nitrogens with one attached hydrogen (secondary N) is 1. The zero-order valence-corrected chi connectivity index (χ0v) is 24.6. The quantitative estimate of drug-likeness (QED) is 0.232. The fraction of sp³-hybridized carbons (Fsp3) is 0.406. The van der Waals surface area contributed by atoms with E-state index < -0.39 is 48.9 Å². The molecule has 2 aromatic carbocycles. The van der Waals surface area contributed by atoms with Crippen molar-refractivity contribution in [3.8, 4) is 17.6 Å². The molecule has 4 rings (SSSR count). The molecule has 2 aliphatic heterocycles. The molecule has 0 bridgehead atoms. The number of carbonyl (C=O) groups excluding carboxylic acids is 3. The van der Waals surface area contributed by atoms with E-state index in [4.69, 9.17) is 28.4 Å². The van der Waals surface area contributed by atoms with Gasteiger partial charge in [0.2, 0.25) is 5.91 Å². The molecule has 1 amide bonds. The van der Waals surface area contributed by atoms with E-state index in [2.05, 4.69) is 28.5 Å². The summed E-state index contributed by atoms with van der Waals surface area (Å²) in [5.41, 5.74) is 1.29. The Labute approximate surface area is 255 Å². The van der Waals surface area contributed by atoms with E-state index in [9.17, 15) is 19.5 Å². The van der Waals surface area contributed by atoms with Gasteiger partial charge in [-0.05, 0) is 25.1 Å². The van der Waals surface area contributed by atoms with Gasteiger partial charge in [-0.25, -0.2) is 9.59 Å². The number of aromatic hydroxyl groups is 1. The molecule has 2 aromatic rings. The Balaban J connectivity index is 1.54. The third-order valence-corrected chi connectivity index (χ3v) is 6.75. The van der Waals surface area contributed by atoms with Crippen LogP contribution in [0.15, 0.2) is 60.7 Å². The van der Waals surface area contributed by atoms with Crippen molar-refractivity contribution < 1.29 is 52.6 Å². The minimum Gasteiger partial charge on any atom is -0.507 e. The number of ether oxygens (including phenoxy) is 7. The van der Waals surface area contributed by atoms with Crippen molar-refractivity contribution >= 4 is 17.8 Å². The number of benzene rings is 2. The Bertz CT molecular complexity index is 1400. The molecule has 2 saturated heterocycles. The summed E-state index contributed by atoms with van der Waals surface area (Å²) in [6.45, 7) is 6.78. The molecule has 6 atom stereocenters. The summed E-state index contributed by atoms with van der Waals surface area (Å²) in [5.74, 6) is 3.80. The first-order valence-electron chi connectivity index (χ1n) is 13.9. The van der Waals surface area contributed by atoms with Crippen LogP contribution in [0.3, 0.4) is 0 Å². The van der Waals surface area contributed by atoms with Gasteiger partial charge in [-0.3, -0.25) is 4.79 Å². The normalized spacial score (nSPS) is 24.2. The molecule has 234 valence electrons. The minimum atomic E-state index is -1.04. The second kappa shape index (κ2) is 15.5. The molecular formula is C32H35NO11. The fourth-order valence-electron chi connectivity index (χ4n) is 4.72. The number of amides is 1. The topological polar surface area (TPSA) is 148 Å². The summed E-state index contributed by atoms with van der Waals surface area (Å²) >= 11 is 0. The standard InChI is InChI=1S/C32H35NO11/c1-5-39-29(36)19(2)17-41-28-26(33-20(3)34)32(40-15-9-10-21-13-14-24(35)23(16-21)30(37)38-4)43-25-18-42-31(44-27(25)28)22-11-7-6-8-12-22/h6-8,11-14,16,25-28,31-32,35H,2,5,15,17-18H2,1,3-4H3,(H,33,34)/t25-,26-,27+,28-,31+,32+/m0/s1.